The number of benzene rings is 1. The minimum Gasteiger partial charge on any atom is -0.345 e. The number of aromatic nitrogens is 2. The van der Waals surface area contributed by atoms with Gasteiger partial charge in [0.05, 0.1) is 17.4 Å². The van der Waals surface area contributed by atoms with Gasteiger partial charge in [0.25, 0.3) is 0 Å². The predicted molar refractivity (Wildman–Crippen MR) is 70.3 cm³/mol. The summed E-state index contributed by atoms with van der Waals surface area (Å²) in [7, 11) is 0. The van der Waals surface area contributed by atoms with Gasteiger partial charge in [-0.25, -0.2) is 4.98 Å². The van der Waals surface area contributed by atoms with Gasteiger partial charge < -0.3 is 15.6 Å². The maximum absolute atomic E-state index is 12.1. The Morgan fingerprint density at radius 3 is 3.00 bits per heavy atom. The number of aromatic amines is 1. The first kappa shape index (κ1) is 11.2. The summed E-state index contributed by atoms with van der Waals surface area (Å²) in [5.41, 5.74) is 2.67. The highest BCUT2D eigenvalue weighted by molar-refractivity contribution is 5.94. The van der Waals surface area contributed by atoms with Gasteiger partial charge >= 0.3 is 0 Å². The van der Waals surface area contributed by atoms with Crippen molar-refractivity contribution in [1.82, 2.24) is 15.3 Å². The molecule has 5 nitrogen and oxygen atoms in total. The van der Waals surface area contributed by atoms with Crippen LogP contribution in [0, 0.1) is 5.92 Å². The van der Waals surface area contributed by atoms with Crippen molar-refractivity contribution < 1.29 is 4.79 Å². The van der Waals surface area contributed by atoms with Crippen molar-refractivity contribution in [2.45, 2.75) is 12.8 Å². The lowest BCUT2D eigenvalue weighted by Gasteiger charge is -2.21. The summed E-state index contributed by atoms with van der Waals surface area (Å²) in [5.74, 6) is 0.243. The summed E-state index contributed by atoms with van der Waals surface area (Å²) in [4.78, 5) is 19.3. The smallest absolute Gasteiger partial charge is 0.227 e. The van der Waals surface area contributed by atoms with Crippen molar-refractivity contribution in [1.29, 1.82) is 0 Å². The number of imidazole rings is 1. The number of hydrogen-bond donors (Lipinski definition) is 3. The normalized spacial score (nSPS) is 16.9. The Kier molecular flexibility index (Phi) is 2.98. The highest BCUT2D eigenvalue weighted by Gasteiger charge is 2.20. The molecule has 18 heavy (non-hydrogen) atoms. The van der Waals surface area contributed by atoms with E-state index in [2.05, 4.69) is 20.6 Å². The molecule has 0 aliphatic carbocycles. The van der Waals surface area contributed by atoms with E-state index in [1.165, 1.54) is 0 Å². The molecule has 1 aliphatic rings. The lowest BCUT2D eigenvalue weighted by Crippen LogP contribution is -2.34. The fourth-order valence-electron chi connectivity index (χ4n) is 2.34. The Morgan fingerprint density at radius 2 is 2.17 bits per heavy atom. The van der Waals surface area contributed by atoms with Crippen LogP contribution >= 0.6 is 0 Å². The number of fused-ring (bicyclic) bond motifs is 1. The monoisotopic (exact) mass is 244 g/mol. The number of piperidine rings is 1. The van der Waals surface area contributed by atoms with Crippen LogP contribution in [-0.4, -0.2) is 29.0 Å². The average molecular weight is 244 g/mol. The van der Waals surface area contributed by atoms with Gasteiger partial charge in [-0.3, -0.25) is 4.79 Å². The number of carbonyl (C=O) groups is 1. The van der Waals surface area contributed by atoms with Crippen LogP contribution in [0.1, 0.15) is 12.8 Å². The van der Waals surface area contributed by atoms with E-state index >= 15 is 0 Å². The quantitative estimate of drug-likeness (QED) is 0.749. The topological polar surface area (TPSA) is 69.8 Å². The molecule has 1 aromatic heterocycles. The van der Waals surface area contributed by atoms with Gasteiger partial charge in [0.15, 0.2) is 0 Å². The molecule has 0 radical (unpaired) electrons. The Bertz CT molecular complexity index is 557. The first-order valence-electron chi connectivity index (χ1n) is 6.27. The molecule has 5 heteroatoms. The molecule has 0 bridgehead atoms. The zero-order valence-corrected chi connectivity index (χ0v) is 10.1. The van der Waals surface area contributed by atoms with E-state index in [0.717, 1.165) is 42.7 Å². The molecule has 1 fully saturated rings. The standard InChI is InChI=1S/C13H16N4O/c18-13(9-3-5-14-6-4-9)17-10-1-2-11-12(7-10)16-8-15-11/h1-2,7-9,14H,3-6H2,(H,15,16)(H,17,18). The molecule has 2 heterocycles. The van der Waals surface area contributed by atoms with E-state index in [1.807, 2.05) is 18.2 Å². The minimum absolute atomic E-state index is 0.117. The van der Waals surface area contributed by atoms with Crippen molar-refractivity contribution in [3.63, 3.8) is 0 Å². The molecular formula is C13H16N4O. The molecule has 0 spiro atoms. The first-order chi connectivity index (χ1) is 8.83. The zero-order valence-electron chi connectivity index (χ0n) is 10.1. The fraction of sp³-hybridized carbons (Fsp3) is 0.385. The molecule has 94 valence electrons. The maximum atomic E-state index is 12.1. The number of nitrogens with zero attached hydrogens (tertiary/aromatic N) is 1. The van der Waals surface area contributed by atoms with Crippen LogP contribution in [-0.2, 0) is 4.79 Å². The van der Waals surface area contributed by atoms with E-state index in [-0.39, 0.29) is 11.8 Å². The number of hydrogen-bond acceptors (Lipinski definition) is 3. The van der Waals surface area contributed by atoms with Crippen LogP contribution in [0.15, 0.2) is 24.5 Å². The number of amides is 1. The zero-order chi connectivity index (χ0) is 12.4. The van der Waals surface area contributed by atoms with Crippen LogP contribution in [0.25, 0.3) is 11.0 Å². The SMILES string of the molecule is O=C(Nc1ccc2[nH]cnc2c1)C1CCNCC1. The van der Waals surface area contributed by atoms with Crippen molar-refractivity contribution in [2.24, 2.45) is 5.92 Å². The summed E-state index contributed by atoms with van der Waals surface area (Å²) >= 11 is 0. The van der Waals surface area contributed by atoms with Gasteiger partial charge in [-0.1, -0.05) is 0 Å². The van der Waals surface area contributed by atoms with Gasteiger partial charge in [0.1, 0.15) is 0 Å². The first-order valence-corrected chi connectivity index (χ1v) is 6.27. The molecule has 3 rings (SSSR count). The minimum atomic E-state index is 0.117. The molecule has 0 unspecified atom stereocenters. The third-order valence-electron chi connectivity index (χ3n) is 3.40. The van der Waals surface area contributed by atoms with Gasteiger partial charge in [0.2, 0.25) is 5.91 Å². The lowest BCUT2D eigenvalue weighted by molar-refractivity contribution is -0.120. The summed E-state index contributed by atoms with van der Waals surface area (Å²) in [6.07, 6.45) is 3.48. The van der Waals surface area contributed by atoms with Crippen LogP contribution in [0.4, 0.5) is 5.69 Å². The van der Waals surface area contributed by atoms with E-state index < -0.39 is 0 Å². The molecule has 1 saturated heterocycles. The highest BCUT2D eigenvalue weighted by atomic mass is 16.1. The Hall–Kier alpha value is -1.88. The van der Waals surface area contributed by atoms with Gasteiger partial charge in [0, 0.05) is 11.6 Å². The third-order valence-corrected chi connectivity index (χ3v) is 3.40. The van der Waals surface area contributed by atoms with E-state index in [0.29, 0.717) is 0 Å². The van der Waals surface area contributed by atoms with E-state index in [1.54, 1.807) is 6.33 Å². The van der Waals surface area contributed by atoms with Crippen LogP contribution in [0.2, 0.25) is 0 Å². The second-order valence-electron chi connectivity index (χ2n) is 4.65. The number of anilines is 1. The largest absolute Gasteiger partial charge is 0.345 e. The molecule has 0 saturated carbocycles. The van der Waals surface area contributed by atoms with E-state index in [9.17, 15) is 4.79 Å². The Morgan fingerprint density at radius 1 is 1.33 bits per heavy atom. The number of nitrogens with one attached hydrogen (secondary N) is 3. The summed E-state index contributed by atoms with van der Waals surface area (Å²) in [6, 6.07) is 5.73. The number of carbonyl (C=O) groups excluding carboxylic acids is 1. The van der Waals surface area contributed by atoms with E-state index in [4.69, 9.17) is 0 Å². The summed E-state index contributed by atoms with van der Waals surface area (Å²) in [5, 5.41) is 6.23. The number of H-pyrrole nitrogens is 1. The molecule has 2 aromatic rings. The maximum Gasteiger partial charge on any atom is 0.227 e. The second-order valence-corrected chi connectivity index (χ2v) is 4.65. The fourth-order valence-corrected chi connectivity index (χ4v) is 2.34. The summed E-state index contributed by atoms with van der Waals surface area (Å²) < 4.78 is 0. The Balaban J connectivity index is 1.72. The van der Waals surface area contributed by atoms with Crippen LogP contribution in [0.3, 0.4) is 0 Å². The lowest BCUT2D eigenvalue weighted by atomic mass is 9.97. The van der Waals surface area contributed by atoms with Crippen molar-refractivity contribution in [2.75, 3.05) is 18.4 Å². The average Bonchev–Trinajstić information content (AvgIpc) is 2.87. The molecular weight excluding hydrogens is 228 g/mol. The predicted octanol–water partition coefficient (Wildman–Crippen LogP) is 1.50. The second kappa shape index (κ2) is 4.78. The van der Waals surface area contributed by atoms with Gasteiger partial charge in [-0.05, 0) is 44.1 Å². The molecule has 3 N–H and O–H groups in total. The molecule has 1 aliphatic heterocycles. The van der Waals surface area contributed by atoms with Gasteiger partial charge in [-0.2, -0.15) is 0 Å². The molecule has 1 aromatic carbocycles. The molecule has 0 atom stereocenters. The third kappa shape index (κ3) is 2.22. The van der Waals surface area contributed by atoms with Crippen molar-refractivity contribution >= 4 is 22.6 Å². The van der Waals surface area contributed by atoms with Crippen molar-refractivity contribution in [3.8, 4) is 0 Å². The van der Waals surface area contributed by atoms with Crippen molar-refractivity contribution in [3.05, 3.63) is 24.5 Å². The van der Waals surface area contributed by atoms with Gasteiger partial charge in [-0.15, -0.1) is 0 Å². The Labute approximate surface area is 105 Å². The summed E-state index contributed by atoms with van der Waals surface area (Å²) in [6.45, 7) is 1.85. The van der Waals surface area contributed by atoms with Crippen LogP contribution < -0.4 is 10.6 Å². The number of rotatable bonds is 2. The van der Waals surface area contributed by atoms with Crippen LogP contribution in [0.5, 0.6) is 0 Å². The highest BCUT2D eigenvalue weighted by Crippen LogP contribution is 2.18. The molecule has 1 amide bonds.